The Morgan fingerprint density at radius 1 is 1.39 bits per heavy atom. The Kier molecular flexibility index (Phi) is 3.66. The van der Waals surface area contributed by atoms with E-state index < -0.39 is 24.6 Å². The maximum atomic E-state index is 11.2. The summed E-state index contributed by atoms with van der Waals surface area (Å²) >= 11 is 0. The van der Waals surface area contributed by atoms with Crippen LogP contribution in [-0.4, -0.2) is 31.7 Å². The van der Waals surface area contributed by atoms with Crippen molar-refractivity contribution in [1.29, 1.82) is 0 Å². The molecule has 96 valence electrons. The number of carbonyl (C=O) groups excluding carboxylic acids is 2. The van der Waals surface area contributed by atoms with Gasteiger partial charge in [0.1, 0.15) is 6.04 Å². The van der Waals surface area contributed by atoms with Gasteiger partial charge in [-0.1, -0.05) is 30.3 Å². The molecule has 1 aliphatic rings. The van der Waals surface area contributed by atoms with Crippen LogP contribution in [0, 0.1) is 0 Å². The number of hydrogen-bond acceptors (Lipinski definition) is 5. The lowest BCUT2D eigenvalue weighted by Gasteiger charge is -2.16. The SMILES string of the molecule is COC(=O)O[C@H]1OC(=O)N[C@H]1Cc1ccccc1. The molecule has 6 nitrogen and oxygen atoms in total. The number of rotatable bonds is 3. The predicted molar refractivity (Wildman–Crippen MR) is 60.8 cm³/mol. The summed E-state index contributed by atoms with van der Waals surface area (Å²) in [6, 6.07) is 9.10. The number of hydrogen-bond donors (Lipinski definition) is 1. The second kappa shape index (κ2) is 5.39. The molecular formula is C12H13NO5. The van der Waals surface area contributed by atoms with Gasteiger partial charge in [0.15, 0.2) is 0 Å². The Balaban J connectivity index is 2.01. The van der Waals surface area contributed by atoms with Crippen LogP contribution in [0.15, 0.2) is 30.3 Å². The third-order valence-electron chi connectivity index (χ3n) is 2.53. The molecule has 0 radical (unpaired) electrons. The maximum Gasteiger partial charge on any atom is 0.511 e. The number of nitrogens with one attached hydrogen (secondary N) is 1. The lowest BCUT2D eigenvalue weighted by atomic mass is 10.1. The molecule has 1 heterocycles. The van der Waals surface area contributed by atoms with Gasteiger partial charge in [-0.05, 0) is 5.56 Å². The van der Waals surface area contributed by atoms with Gasteiger partial charge in [0, 0.05) is 6.42 Å². The number of ether oxygens (including phenoxy) is 3. The summed E-state index contributed by atoms with van der Waals surface area (Å²) in [7, 11) is 1.19. The summed E-state index contributed by atoms with van der Waals surface area (Å²) in [6.07, 6.45) is -1.95. The molecule has 2 rings (SSSR count). The number of carbonyl (C=O) groups is 2. The fourth-order valence-electron chi connectivity index (χ4n) is 1.71. The highest BCUT2D eigenvalue weighted by atomic mass is 16.8. The van der Waals surface area contributed by atoms with Gasteiger partial charge in [-0.15, -0.1) is 0 Å². The van der Waals surface area contributed by atoms with Crippen LogP contribution < -0.4 is 5.32 Å². The standard InChI is InChI=1S/C12H13NO5/c1-16-12(15)18-10-9(13-11(14)17-10)7-8-5-3-2-4-6-8/h2-6,9-10H,7H2,1H3,(H,13,14)/t9-,10+/m0/s1. The highest BCUT2D eigenvalue weighted by Crippen LogP contribution is 2.15. The van der Waals surface area contributed by atoms with Crippen LogP contribution in [0.5, 0.6) is 0 Å². The monoisotopic (exact) mass is 251 g/mol. The molecule has 1 fully saturated rings. The van der Waals surface area contributed by atoms with Gasteiger partial charge in [-0.25, -0.2) is 9.59 Å². The fraction of sp³-hybridized carbons (Fsp3) is 0.333. The Hall–Kier alpha value is -2.24. The molecule has 1 aromatic carbocycles. The lowest BCUT2D eigenvalue weighted by Crippen LogP contribution is -2.36. The van der Waals surface area contributed by atoms with Crippen molar-refractivity contribution < 1.29 is 23.8 Å². The van der Waals surface area contributed by atoms with Gasteiger partial charge < -0.3 is 19.5 Å². The third kappa shape index (κ3) is 2.91. The molecule has 0 aromatic heterocycles. The van der Waals surface area contributed by atoms with Gasteiger partial charge in [0.25, 0.3) is 6.29 Å². The van der Waals surface area contributed by atoms with Crippen LogP contribution in [0.1, 0.15) is 5.56 Å². The zero-order valence-electron chi connectivity index (χ0n) is 9.79. The van der Waals surface area contributed by atoms with E-state index in [0.29, 0.717) is 6.42 Å². The fourth-order valence-corrected chi connectivity index (χ4v) is 1.71. The minimum atomic E-state index is -0.967. The van der Waals surface area contributed by atoms with Crippen molar-refractivity contribution in [2.75, 3.05) is 7.11 Å². The number of methoxy groups -OCH3 is 1. The van der Waals surface area contributed by atoms with E-state index in [1.807, 2.05) is 30.3 Å². The molecule has 0 saturated carbocycles. The van der Waals surface area contributed by atoms with Crippen molar-refractivity contribution in [3.05, 3.63) is 35.9 Å². The van der Waals surface area contributed by atoms with E-state index in [1.165, 1.54) is 7.11 Å². The largest absolute Gasteiger partial charge is 0.511 e. The second-order valence-corrected chi connectivity index (χ2v) is 3.79. The zero-order chi connectivity index (χ0) is 13.0. The lowest BCUT2D eigenvalue weighted by molar-refractivity contribution is -0.0702. The smallest absolute Gasteiger partial charge is 0.438 e. The molecule has 0 spiro atoms. The van der Waals surface area contributed by atoms with E-state index in [4.69, 9.17) is 9.47 Å². The predicted octanol–water partition coefficient (Wildman–Crippen LogP) is 1.45. The van der Waals surface area contributed by atoms with Gasteiger partial charge in [0.2, 0.25) is 0 Å². The van der Waals surface area contributed by atoms with E-state index in [0.717, 1.165) is 5.56 Å². The van der Waals surface area contributed by atoms with Crippen molar-refractivity contribution >= 4 is 12.2 Å². The van der Waals surface area contributed by atoms with Gasteiger partial charge in [0.05, 0.1) is 7.11 Å². The number of alkyl carbamates (subject to hydrolysis) is 1. The van der Waals surface area contributed by atoms with Gasteiger partial charge in [-0.2, -0.15) is 0 Å². The molecule has 18 heavy (non-hydrogen) atoms. The topological polar surface area (TPSA) is 73.9 Å². The van der Waals surface area contributed by atoms with E-state index in [2.05, 4.69) is 10.1 Å². The Morgan fingerprint density at radius 2 is 2.11 bits per heavy atom. The molecule has 6 heteroatoms. The Bertz CT molecular complexity index is 433. The number of cyclic esters (lactones) is 1. The summed E-state index contributed by atoms with van der Waals surface area (Å²) < 4.78 is 14.1. The quantitative estimate of drug-likeness (QED) is 0.823. The molecule has 2 atom stereocenters. The van der Waals surface area contributed by atoms with E-state index in [9.17, 15) is 9.59 Å². The molecule has 0 bridgehead atoms. The summed E-state index contributed by atoms with van der Waals surface area (Å²) in [4.78, 5) is 22.2. The van der Waals surface area contributed by atoms with Crippen molar-refractivity contribution in [2.24, 2.45) is 0 Å². The minimum absolute atomic E-state index is 0.418. The molecule has 1 N–H and O–H groups in total. The molecule has 0 unspecified atom stereocenters. The van der Waals surface area contributed by atoms with E-state index in [1.54, 1.807) is 0 Å². The van der Waals surface area contributed by atoms with Gasteiger partial charge >= 0.3 is 12.2 Å². The van der Waals surface area contributed by atoms with Crippen molar-refractivity contribution in [3.8, 4) is 0 Å². The van der Waals surface area contributed by atoms with E-state index in [-0.39, 0.29) is 0 Å². The van der Waals surface area contributed by atoms with Crippen LogP contribution >= 0.6 is 0 Å². The van der Waals surface area contributed by atoms with Crippen LogP contribution in [0.25, 0.3) is 0 Å². The second-order valence-electron chi connectivity index (χ2n) is 3.79. The first-order valence-corrected chi connectivity index (χ1v) is 5.44. The van der Waals surface area contributed by atoms with Crippen molar-refractivity contribution in [2.45, 2.75) is 18.8 Å². The average molecular weight is 251 g/mol. The van der Waals surface area contributed by atoms with Crippen molar-refractivity contribution in [1.82, 2.24) is 5.32 Å². The first kappa shape index (κ1) is 12.2. The molecule has 1 aliphatic heterocycles. The molecule has 1 saturated heterocycles. The summed E-state index contributed by atoms with van der Waals surface area (Å²) in [5.74, 6) is 0. The first-order valence-electron chi connectivity index (χ1n) is 5.44. The minimum Gasteiger partial charge on any atom is -0.438 e. The number of benzene rings is 1. The van der Waals surface area contributed by atoms with Gasteiger partial charge in [-0.3, -0.25) is 0 Å². The zero-order valence-corrected chi connectivity index (χ0v) is 9.79. The summed E-state index contributed by atoms with van der Waals surface area (Å²) in [5.41, 5.74) is 1.01. The first-order chi connectivity index (χ1) is 8.69. The average Bonchev–Trinajstić information content (AvgIpc) is 2.70. The highest BCUT2D eigenvalue weighted by Gasteiger charge is 2.37. The number of amides is 1. The van der Waals surface area contributed by atoms with Crippen LogP contribution in [0.4, 0.5) is 9.59 Å². The van der Waals surface area contributed by atoms with E-state index >= 15 is 0 Å². The van der Waals surface area contributed by atoms with Crippen LogP contribution in [0.2, 0.25) is 0 Å². The molecule has 1 aromatic rings. The molecule has 0 aliphatic carbocycles. The van der Waals surface area contributed by atoms with Crippen molar-refractivity contribution in [3.63, 3.8) is 0 Å². The summed E-state index contributed by atoms with van der Waals surface area (Å²) in [6.45, 7) is 0. The Morgan fingerprint density at radius 3 is 2.78 bits per heavy atom. The summed E-state index contributed by atoms with van der Waals surface area (Å²) in [5, 5.41) is 2.59. The third-order valence-corrected chi connectivity index (χ3v) is 2.53. The van der Waals surface area contributed by atoms with Crippen LogP contribution in [-0.2, 0) is 20.6 Å². The molecular weight excluding hydrogens is 238 g/mol. The Labute approximate surface area is 104 Å². The van der Waals surface area contributed by atoms with Crippen LogP contribution in [0.3, 0.4) is 0 Å². The normalized spacial score (nSPS) is 21.9. The highest BCUT2D eigenvalue weighted by molar-refractivity contribution is 5.70. The maximum absolute atomic E-state index is 11.2. The molecule has 1 amide bonds.